The molecule has 190 valence electrons. The van der Waals surface area contributed by atoms with Gasteiger partial charge in [-0.2, -0.15) is 13.2 Å². The molecule has 1 atom stereocenters. The van der Waals surface area contributed by atoms with Gasteiger partial charge in [-0.3, -0.25) is 0 Å². The molecule has 0 spiro atoms. The number of piperazine rings is 1. The second kappa shape index (κ2) is 10.8. The molecule has 36 heavy (non-hydrogen) atoms. The number of nitrogens with one attached hydrogen (secondary N) is 3. The molecule has 3 aromatic rings. The van der Waals surface area contributed by atoms with Crippen molar-refractivity contribution in [3.05, 3.63) is 66.0 Å². The Morgan fingerprint density at radius 1 is 1.11 bits per heavy atom. The van der Waals surface area contributed by atoms with E-state index >= 15 is 0 Å². The first-order valence-corrected chi connectivity index (χ1v) is 11.6. The molecule has 0 bridgehead atoms. The van der Waals surface area contributed by atoms with Gasteiger partial charge in [0.15, 0.2) is 0 Å². The van der Waals surface area contributed by atoms with E-state index in [9.17, 15) is 18.0 Å². The third-order valence-electron chi connectivity index (χ3n) is 5.88. The molecule has 0 saturated carbocycles. The Morgan fingerprint density at radius 3 is 2.56 bits per heavy atom. The second-order valence-corrected chi connectivity index (χ2v) is 8.41. The molecule has 0 aliphatic carbocycles. The highest BCUT2D eigenvalue weighted by Crippen LogP contribution is 2.33. The molecular formula is C25H27F3N6O2. The Kier molecular flexibility index (Phi) is 7.58. The van der Waals surface area contributed by atoms with Crippen LogP contribution in [0.25, 0.3) is 0 Å². The zero-order valence-electron chi connectivity index (χ0n) is 19.9. The molecule has 0 unspecified atom stereocenters. The van der Waals surface area contributed by atoms with Crippen LogP contribution < -0.4 is 25.6 Å². The van der Waals surface area contributed by atoms with Gasteiger partial charge in [0.25, 0.3) is 0 Å². The molecule has 3 N–H and O–H groups in total. The first-order valence-electron chi connectivity index (χ1n) is 11.6. The van der Waals surface area contributed by atoms with E-state index in [1.165, 1.54) is 25.4 Å². The van der Waals surface area contributed by atoms with E-state index in [2.05, 4.69) is 37.7 Å². The van der Waals surface area contributed by atoms with E-state index in [1.54, 1.807) is 30.3 Å². The highest BCUT2D eigenvalue weighted by atomic mass is 19.4. The normalized spacial score (nSPS) is 15.9. The molecule has 1 aromatic heterocycles. The zero-order valence-corrected chi connectivity index (χ0v) is 19.9. The summed E-state index contributed by atoms with van der Waals surface area (Å²) in [6.45, 7) is 6.13. The van der Waals surface area contributed by atoms with Gasteiger partial charge < -0.3 is 25.6 Å². The monoisotopic (exact) mass is 500 g/mol. The Balaban J connectivity index is 1.37. The molecule has 1 saturated heterocycles. The van der Waals surface area contributed by atoms with Crippen LogP contribution in [0.15, 0.2) is 54.9 Å². The predicted octanol–water partition coefficient (Wildman–Crippen LogP) is 5.43. The maximum Gasteiger partial charge on any atom is 0.416 e. The van der Waals surface area contributed by atoms with Crippen molar-refractivity contribution in [2.45, 2.75) is 32.5 Å². The minimum absolute atomic E-state index is 0.0414. The van der Waals surface area contributed by atoms with Crippen molar-refractivity contribution in [3.8, 4) is 11.6 Å². The maximum atomic E-state index is 13.1. The number of carbonyl (C=O) groups excluding carboxylic acids is 1. The van der Waals surface area contributed by atoms with Crippen LogP contribution in [0, 0.1) is 6.92 Å². The van der Waals surface area contributed by atoms with Gasteiger partial charge in [-0.05, 0) is 55.3 Å². The summed E-state index contributed by atoms with van der Waals surface area (Å²) < 4.78 is 45.2. The summed E-state index contributed by atoms with van der Waals surface area (Å²) in [5, 5.41) is 8.40. The van der Waals surface area contributed by atoms with Crippen LogP contribution in [-0.2, 0) is 6.18 Å². The molecule has 2 amide bonds. The smallest absolute Gasteiger partial charge is 0.416 e. The van der Waals surface area contributed by atoms with Gasteiger partial charge in [-0.15, -0.1) is 0 Å². The third kappa shape index (κ3) is 6.22. The first kappa shape index (κ1) is 25.2. The Labute approximate surface area is 206 Å². The lowest BCUT2D eigenvalue weighted by atomic mass is 10.1. The van der Waals surface area contributed by atoms with E-state index in [4.69, 9.17) is 4.74 Å². The van der Waals surface area contributed by atoms with E-state index in [-0.39, 0.29) is 11.3 Å². The van der Waals surface area contributed by atoms with Crippen molar-refractivity contribution in [2.75, 3.05) is 35.2 Å². The predicted molar refractivity (Wildman–Crippen MR) is 132 cm³/mol. The van der Waals surface area contributed by atoms with Crippen LogP contribution >= 0.6 is 0 Å². The highest BCUT2D eigenvalue weighted by Gasteiger charge is 2.32. The van der Waals surface area contributed by atoms with Crippen LogP contribution in [0.3, 0.4) is 0 Å². The average molecular weight is 501 g/mol. The van der Waals surface area contributed by atoms with Crippen molar-refractivity contribution in [1.82, 2.24) is 15.3 Å². The second-order valence-electron chi connectivity index (χ2n) is 8.41. The molecule has 4 rings (SSSR count). The summed E-state index contributed by atoms with van der Waals surface area (Å²) in [5.74, 6) is 1.70. The Bertz CT molecular complexity index is 1200. The van der Waals surface area contributed by atoms with Crippen molar-refractivity contribution < 1.29 is 22.7 Å². The fourth-order valence-electron chi connectivity index (χ4n) is 4.00. The number of aromatic nitrogens is 2. The summed E-state index contributed by atoms with van der Waals surface area (Å²) in [6.07, 6.45) is -2.04. The summed E-state index contributed by atoms with van der Waals surface area (Å²) >= 11 is 0. The molecule has 11 heteroatoms. The average Bonchev–Trinajstić information content (AvgIpc) is 2.86. The number of nitrogens with zero attached hydrogens (tertiary/aromatic N) is 3. The molecule has 8 nitrogen and oxygen atoms in total. The number of amides is 2. The molecular weight excluding hydrogens is 473 g/mol. The van der Waals surface area contributed by atoms with Gasteiger partial charge in [0.05, 0.1) is 5.56 Å². The number of urea groups is 1. The number of rotatable bonds is 6. The van der Waals surface area contributed by atoms with Crippen molar-refractivity contribution >= 4 is 23.2 Å². The minimum atomic E-state index is -4.50. The Hall–Kier alpha value is -3.86. The number of hydrogen-bond acceptors (Lipinski definition) is 6. The van der Waals surface area contributed by atoms with Crippen molar-refractivity contribution in [2.24, 2.45) is 0 Å². The van der Waals surface area contributed by atoms with Crippen LogP contribution in [0.5, 0.6) is 11.6 Å². The first-order chi connectivity index (χ1) is 17.2. The summed E-state index contributed by atoms with van der Waals surface area (Å²) in [6, 6.07) is 11.7. The number of halogens is 3. The van der Waals surface area contributed by atoms with Crippen LogP contribution in [0.2, 0.25) is 0 Å². The highest BCUT2D eigenvalue weighted by molar-refractivity contribution is 5.99. The number of hydrogen-bond donors (Lipinski definition) is 3. The fourth-order valence-corrected chi connectivity index (χ4v) is 4.00. The number of aryl methyl sites for hydroxylation is 1. The quantitative estimate of drug-likeness (QED) is 0.418. The molecule has 1 aliphatic heterocycles. The van der Waals surface area contributed by atoms with Crippen LogP contribution in [0.4, 0.5) is 35.2 Å². The number of anilines is 3. The van der Waals surface area contributed by atoms with Gasteiger partial charge in [-0.1, -0.05) is 13.0 Å². The van der Waals surface area contributed by atoms with Gasteiger partial charge in [-0.25, -0.2) is 14.8 Å². The number of benzene rings is 2. The molecule has 2 aromatic carbocycles. The summed E-state index contributed by atoms with van der Waals surface area (Å²) in [7, 11) is 0. The molecule has 0 radical (unpaired) electrons. The standard InChI is InChI=1S/C25H27F3N6O2/c1-3-19-14-29-10-11-34(19)22-13-23(31-15-30-22)36-20-8-6-17(7-9-20)32-24(35)33-18-5-4-16(2)21(12-18)25(26,27)28/h4-9,12-13,15,19,29H,3,10-11,14H2,1-2H3,(H2,32,33,35)/t19-/m1/s1. The topological polar surface area (TPSA) is 91.4 Å². The minimum Gasteiger partial charge on any atom is -0.439 e. The SMILES string of the molecule is CC[C@@H]1CNCCN1c1cc(Oc2ccc(NC(=O)Nc3ccc(C)c(C(F)(F)F)c3)cc2)ncn1. The van der Waals surface area contributed by atoms with Crippen molar-refractivity contribution in [3.63, 3.8) is 0 Å². The van der Waals surface area contributed by atoms with Gasteiger partial charge in [0.1, 0.15) is 17.9 Å². The zero-order chi connectivity index (χ0) is 25.7. The Morgan fingerprint density at radius 2 is 1.83 bits per heavy atom. The lowest BCUT2D eigenvalue weighted by Gasteiger charge is -2.36. The lowest BCUT2D eigenvalue weighted by Crippen LogP contribution is -2.51. The third-order valence-corrected chi connectivity index (χ3v) is 5.88. The largest absolute Gasteiger partial charge is 0.439 e. The van der Waals surface area contributed by atoms with E-state index in [0.717, 1.165) is 37.9 Å². The number of ether oxygens (including phenoxy) is 1. The molecule has 1 fully saturated rings. The van der Waals surface area contributed by atoms with E-state index in [1.807, 2.05) is 0 Å². The van der Waals surface area contributed by atoms with E-state index in [0.29, 0.717) is 23.4 Å². The van der Waals surface area contributed by atoms with Crippen LogP contribution in [-0.4, -0.2) is 41.7 Å². The van der Waals surface area contributed by atoms with E-state index < -0.39 is 17.8 Å². The van der Waals surface area contributed by atoms with Gasteiger partial charge in [0, 0.05) is 43.1 Å². The maximum absolute atomic E-state index is 13.1. The van der Waals surface area contributed by atoms with Gasteiger partial charge >= 0.3 is 12.2 Å². The number of carbonyl (C=O) groups is 1. The summed E-state index contributed by atoms with van der Waals surface area (Å²) in [5.41, 5.74) is -0.229. The van der Waals surface area contributed by atoms with Crippen molar-refractivity contribution in [1.29, 1.82) is 0 Å². The number of alkyl halides is 3. The lowest BCUT2D eigenvalue weighted by molar-refractivity contribution is -0.138. The molecule has 1 aliphatic rings. The van der Waals surface area contributed by atoms with Crippen LogP contribution in [0.1, 0.15) is 24.5 Å². The van der Waals surface area contributed by atoms with Gasteiger partial charge in [0.2, 0.25) is 5.88 Å². The summed E-state index contributed by atoms with van der Waals surface area (Å²) in [4.78, 5) is 23.1. The fraction of sp³-hybridized carbons (Fsp3) is 0.320. The molecule has 2 heterocycles.